The van der Waals surface area contributed by atoms with Gasteiger partial charge < -0.3 is 9.47 Å². The van der Waals surface area contributed by atoms with Crippen LogP contribution in [0.5, 0.6) is 16.7 Å². The Labute approximate surface area is 119 Å². The van der Waals surface area contributed by atoms with E-state index in [2.05, 4.69) is 4.98 Å². The van der Waals surface area contributed by atoms with Crippen molar-refractivity contribution >= 4 is 21.4 Å². The number of ether oxygens (including phenoxy) is 2. The van der Waals surface area contributed by atoms with Crippen molar-refractivity contribution in [3.05, 3.63) is 58.9 Å². The molecule has 0 spiro atoms. The monoisotopic (exact) mass is 285 g/mol. The summed E-state index contributed by atoms with van der Waals surface area (Å²) in [4.78, 5) is 15.9. The van der Waals surface area contributed by atoms with Crippen LogP contribution in [0.2, 0.25) is 0 Å². The van der Waals surface area contributed by atoms with Crippen LogP contribution in [0.25, 0.3) is 10.1 Å². The summed E-state index contributed by atoms with van der Waals surface area (Å²) < 4.78 is 11.7. The number of methoxy groups -OCH3 is 1. The van der Waals surface area contributed by atoms with Crippen molar-refractivity contribution in [3.63, 3.8) is 0 Å². The number of benzene rings is 2. The minimum absolute atomic E-state index is 0.288. The first-order valence-corrected chi connectivity index (χ1v) is 6.80. The Morgan fingerprint density at radius 1 is 1.00 bits per heavy atom. The van der Waals surface area contributed by atoms with Crippen LogP contribution in [-0.4, -0.2) is 12.1 Å². The third-order valence-electron chi connectivity index (χ3n) is 2.77. The van der Waals surface area contributed by atoms with Crippen molar-refractivity contribution in [2.45, 2.75) is 0 Å². The van der Waals surface area contributed by atoms with Crippen LogP contribution in [0.15, 0.2) is 53.3 Å². The Hall–Kier alpha value is -2.40. The Morgan fingerprint density at radius 3 is 2.50 bits per heavy atom. The summed E-state index contributed by atoms with van der Waals surface area (Å²) in [5.41, 5.74) is -0.288. The fourth-order valence-electron chi connectivity index (χ4n) is 1.83. The third kappa shape index (κ3) is 2.35. The highest BCUT2D eigenvalue weighted by atomic mass is 32.1. The third-order valence-corrected chi connectivity index (χ3v) is 3.70. The molecule has 0 N–H and O–H groups in total. The zero-order valence-corrected chi connectivity index (χ0v) is 11.5. The molecule has 20 heavy (non-hydrogen) atoms. The summed E-state index contributed by atoms with van der Waals surface area (Å²) in [5.74, 6) is 1.13. The number of nitrogens with zero attached hydrogens (tertiary/aromatic N) is 1. The summed E-state index contributed by atoms with van der Waals surface area (Å²) in [6.07, 6.45) is 0. The Bertz CT molecular complexity index is 813. The number of fused-ring (bicyclic) bond motifs is 1. The second-order valence-electron chi connectivity index (χ2n) is 4.03. The highest BCUT2D eigenvalue weighted by Crippen LogP contribution is 2.32. The normalized spacial score (nSPS) is 10.4. The van der Waals surface area contributed by atoms with Crippen LogP contribution in [0, 0.1) is 0 Å². The standard InChI is InChI=1S/C15H11NO3S/c1-18-11-7-3-4-8-12(11)19-15-16-14(17)10-6-2-5-9-13(10)20-15/h2-9H,1H3. The Balaban J connectivity index is 2.05. The molecule has 3 rings (SSSR count). The first-order valence-electron chi connectivity index (χ1n) is 5.98. The zero-order valence-electron chi connectivity index (χ0n) is 10.7. The van der Waals surface area contributed by atoms with Crippen LogP contribution in [0.3, 0.4) is 0 Å². The maximum absolute atomic E-state index is 11.9. The second kappa shape index (κ2) is 5.30. The van der Waals surface area contributed by atoms with Gasteiger partial charge in [-0.2, -0.15) is 4.98 Å². The average Bonchev–Trinajstić information content (AvgIpc) is 2.48. The molecule has 4 nitrogen and oxygen atoms in total. The lowest BCUT2D eigenvalue weighted by molar-refractivity contribution is 0.377. The Morgan fingerprint density at radius 2 is 1.70 bits per heavy atom. The maximum Gasteiger partial charge on any atom is 0.282 e. The second-order valence-corrected chi connectivity index (χ2v) is 5.03. The fourth-order valence-corrected chi connectivity index (χ4v) is 2.69. The molecule has 0 saturated heterocycles. The molecule has 0 aliphatic rings. The molecule has 0 saturated carbocycles. The van der Waals surface area contributed by atoms with E-state index in [0.29, 0.717) is 22.1 Å². The van der Waals surface area contributed by atoms with Gasteiger partial charge in [-0.1, -0.05) is 35.6 Å². The van der Waals surface area contributed by atoms with E-state index in [9.17, 15) is 4.79 Å². The molecule has 0 fully saturated rings. The number of para-hydroxylation sites is 2. The molecule has 0 unspecified atom stereocenters. The van der Waals surface area contributed by atoms with Gasteiger partial charge in [0.1, 0.15) is 0 Å². The van der Waals surface area contributed by atoms with Crippen molar-refractivity contribution in [2.24, 2.45) is 0 Å². The van der Waals surface area contributed by atoms with Crippen molar-refractivity contribution < 1.29 is 9.47 Å². The van der Waals surface area contributed by atoms with Crippen molar-refractivity contribution in [1.82, 2.24) is 4.98 Å². The van der Waals surface area contributed by atoms with Crippen molar-refractivity contribution in [1.29, 1.82) is 0 Å². The van der Waals surface area contributed by atoms with Gasteiger partial charge in [0.25, 0.3) is 10.8 Å². The lowest BCUT2D eigenvalue weighted by atomic mass is 10.3. The lowest BCUT2D eigenvalue weighted by Gasteiger charge is -2.08. The van der Waals surface area contributed by atoms with Crippen molar-refractivity contribution in [3.8, 4) is 16.7 Å². The fraction of sp³-hybridized carbons (Fsp3) is 0.0667. The van der Waals surface area contributed by atoms with Gasteiger partial charge in [0.05, 0.1) is 12.5 Å². The number of hydrogen-bond acceptors (Lipinski definition) is 5. The minimum Gasteiger partial charge on any atom is -0.493 e. The van der Waals surface area contributed by atoms with Gasteiger partial charge in [0.2, 0.25) is 0 Å². The SMILES string of the molecule is COc1ccccc1Oc1nc(=O)c2ccccc2s1. The average molecular weight is 285 g/mol. The molecule has 5 heteroatoms. The van der Waals surface area contributed by atoms with Gasteiger partial charge in [-0.25, -0.2) is 0 Å². The molecule has 1 heterocycles. The van der Waals surface area contributed by atoms with Crippen LogP contribution in [0.4, 0.5) is 0 Å². The predicted molar refractivity (Wildman–Crippen MR) is 79.0 cm³/mol. The molecule has 0 radical (unpaired) electrons. The van der Waals surface area contributed by atoms with E-state index in [-0.39, 0.29) is 5.56 Å². The molecule has 0 bridgehead atoms. The van der Waals surface area contributed by atoms with Gasteiger partial charge >= 0.3 is 0 Å². The van der Waals surface area contributed by atoms with Gasteiger partial charge in [-0.15, -0.1) is 0 Å². The summed E-state index contributed by atoms with van der Waals surface area (Å²) in [5, 5.41) is 0.906. The molecule has 100 valence electrons. The maximum atomic E-state index is 11.9. The smallest absolute Gasteiger partial charge is 0.282 e. The van der Waals surface area contributed by atoms with Crippen LogP contribution in [0.1, 0.15) is 0 Å². The summed E-state index contributed by atoms with van der Waals surface area (Å²) >= 11 is 1.33. The van der Waals surface area contributed by atoms with E-state index in [0.717, 1.165) is 4.70 Å². The zero-order chi connectivity index (χ0) is 13.9. The Kier molecular flexibility index (Phi) is 3.35. The predicted octanol–water partition coefficient (Wildman–Crippen LogP) is 3.46. The van der Waals surface area contributed by atoms with Gasteiger partial charge in [0, 0.05) is 4.70 Å². The molecule has 0 atom stereocenters. The molecule has 0 amide bonds. The highest BCUT2D eigenvalue weighted by Gasteiger charge is 2.09. The van der Waals surface area contributed by atoms with Gasteiger partial charge in [-0.05, 0) is 24.3 Å². The lowest BCUT2D eigenvalue weighted by Crippen LogP contribution is -2.05. The van der Waals surface area contributed by atoms with Gasteiger partial charge in [-0.3, -0.25) is 4.79 Å². The van der Waals surface area contributed by atoms with Crippen LogP contribution < -0.4 is 15.0 Å². The quantitative estimate of drug-likeness (QED) is 0.739. The van der Waals surface area contributed by atoms with E-state index in [1.54, 1.807) is 25.3 Å². The molecular weight excluding hydrogens is 274 g/mol. The highest BCUT2D eigenvalue weighted by molar-refractivity contribution is 7.19. The van der Waals surface area contributed by atoms with Crippen LogP contribution in [-0.2, 0) is 0 Å². The topological polar surface area (TPSA) is 48.4 Å². The van der Waals surface area contributed by atoms with E-state index in [4.69, 9.17) is 9.47 Å². The van der Waals surface area contributed by atoms with Crippen molar-refractivity contribution in [2.75, 3.05) is 7.11 Å². The number of aromatic nitrogens is 1. The van der Waals surface area contributed by atoms with E-state index < -0.39 is 0 Å². The van der Waals surface area contributed by atoms with Crippen LogP contribution >= 0.6 is 11.3 Å². The summed E-state index contributed by atoms with van der Waals surface area (Å²) in [6.45, 7) is 0. The van der Waals surface area contributed by atoms with E-state index in [1.807, 2.05) is 30.3 Å². The molecule has 2 aromatic carbocycles. The van der Waals surface area contributed by atoms with Gasteiger partial charge in [0.15, 0.2) is 11.5 Å². The molecule has 3 aromatic rings. The first kappa shape index (κ1) is 12.6. The van der Waals surface area contributed by atoms with E-state index in [1.165, 1.54) is 11.3 Å². The summed E-state index contributed by atoms with van der Waals surface area (Å²) in [7, 11) is 1.57. The minimum atomic E-state index is -0.288. The number of rotatable bonds is 3. The first-order chi connectivity index (χ1) is 9.78. The molecule has 1 aromatic heterocycles. The van der Waals surface area contributed by atoms with E-state index >= 15 is 0 Å². The molecular formula is C15H11NO3S. The molecule has 0 aliphatic heterocycles. The largest absolute Gasteiger partial charge is 0.493 e. The summed E-state index contributed by atoms with van der Waals surface area (Å²) in [6, 6.07) is 14.6. The number of hydrogen-bond donors (Lipinski definition) is 0. The molecule has 0 aliphatic carbocycles.